The number of piperazine rings is 1. The molecule has 7 heteroatoms. The van der Waals surface area contributed by atoms with Gasteiger partial charge in [0, 0.05) is 25.6 Å². The molecule has 1 aliphatic heterocycles. The maximum absolute atomic E-state index is 14.5. The molecule has 0 unspecified atom stereocenters. The molecule has 1 aliphatic carbocycles. The third kappa shape index (κ3) is 4.06. The van der Waals surface area contributed by atoms with E-state index in [-0.39, 0.29) is 18.0 Å². The molecule has 0 N–H and O–H groups in total. The van der Waals surface area contributed by atoms with E-state index < -0.39 is 11.7 Å². The van der Waals surface area contributed by atoms with Gasteiger partial charge >= 0.3 is 0 Å². The molecule has 0 atom stereocenters. The maximum atomic E-state index is 14.5. The SMILES string of the molecule is Cc1cnnc(Cc2ccc(F)c(C(=O)N3CCN(C4CCCC4)C(=O)C3)c2)c1C. The molecule has 158 valence electrons. The minimum Gasteiger partial charge on any atom is -0.336 e. The quantitative estimate of drug-likeness (QED) is 0.777. The van der Waals surface area contributed by atoms with Crippen molar-refractivity contribution in [2.45, 2.75) is 52.0 Å². The van der Waals surface area contributed by atoms with Gasteiger partial charge in [-0.3, -0.25) is 9.59 Å². The van der Waals surface area contributed by atoms with Gasteiger partial charge in [-0.15, -0.1) is 0 Å². The van der Waals surface area contributed by atoms with Crippen LogP contribution in [0.1, 0.15) is 58.4 Å². The molecule has 2 amide bonds. The molecule has 1 saturated heterocycles. The Morgan fingerprint density at radius 3 is 2.70 bits per heavy atom. The monoisotopic (exact) mass is 410 g/mol. The average molecular weight is 410 g/mol. The van der Waals surface area contributed by atoms with Crippen LogP contribution in [0.4, 0.5) is 4.39 Å². The van der Waals surface area contributed by atoms with Gasteiger partial charge in [-0.25, -0.2) is 4.39 Å². The van der Waals surface area contributed by atoms with Crippen LogP contribution in [0.25, 0.3) is 0 Å². The first-order valence-electron chi connectivity index (χ1n) is 10.6. The summed E-state index contributed by atoms with van der Waals surface area (Å²) < 4.78 is 14.5. The van der Waals surface area contributed by atoms with Gasteiger partial charge in [0.1, 0.15) is 12.4 Å². The average Bonchev–Trinajstić information content (AvgIpc) is 3.26. The Kier molecular flexibility index (Phi) is 5.79. The van der Waals surface area contributed by atoms with Crippen LogP contribution in [0.15, 0.2) is 24.4 Å². The first-order valence-corrected chi connectivity index (χ1v) is 10.6. The Bertz CT molecular complexity index is 972. The highest BCUT2D eigenvalue weighted by Gasteiger charge is 2.33. The molecule has 1 aromatic carbocycles. The topological polar surface area (TPSA) is 66.4 Å². The highest BCUT2D eigenvalue weighted by Crippen LogP contribution is 2.25. The number of hydrogen-bond acceptors (Lipinski definition) is 4. The summed E-state index contributed by atoms with van der Waals surface area (Å²) >= 11 is 0. The van der Waals surface area contributed by atoms with Crippen LogP contribution in [-0.4, -0.2) is 57.5 Å². The lowest BCUT2D eigenvalue weighted by molar-refractivity contribution is -0.137. The van der Waals surface area contributed by atoms with Crippen molar-refractivity contribution in [2.75, 3.05) is 19.6 Å². The summed E-state index contributed by atoms with van der Waals surface area (Å²) in [4.78, 5) is 29.0. The van der Waals surface area contributed by atoms with Crippen LogP contribution in [0.2, 0.25) is 0 Å². The molecule has 2 aliphatic rings. The highest BCUT2D eigenvalue weighted by atomic mass is 19.1. The van der Waals surface area contributed by atoms with E-state index in [0.29, 0.717) is 25.6 Å². The van der Waals surface area contributed by atoms with Crippen LogP contribution in [0.3, 0.4) is 0 Å². The predicted octanol–water partition coefficient (Wildman–Crippen LogP) is 3.05. The Morgan fingerprint density at radius 2 is 1.97 bits per heavy atom. The standard InChI is InChI=1S/C23H27FN4O2/c1-15-13-25-26-21(16(15)2)12-17-7-8-20(24)19(11-17)23(30)27-9-10-28(22(29)14-27)18-5-3-4-6-18/h7-8,11,13,18H,3-6,9-10,12,14H2,1-2H3. The number of nitrogens with zero attached hydrogens (tertiary/aromatic N) is 4. The Morgan fingerprint density at radius 1 is 1.20 bits per heavy atom. The third-order valence-electron chi connectivity index (χ3n) is 6.40. The summed E-state index contributed by atoms with van der Waals surface area (Å²) in [5.74, 6) is -1.04. The van der Waals surface area contributed by atoms with Crippen molar-refractivity contribution in [1.29, 1.82) is 0 Å². The van der Waals surface area contributed by atoms with Crippen molar-refractivity contribution in [1.82, 2.24) is 20.0 Å². The highest BCUT2D eigenvalue weighted by molar-refractivity contribution is 5.97. The van der Waals surface area contributed by atoms with E-state index in [9.17, 15) is 14.0 Å². The number of amides is 2. The number of carbonyl (C=O) groups excluding carboxylic acids is 2. The van der Waals surface area contributed by atoms with Crippen LogP contribution >= 0.6 is 0 Å². The van der Waals surface area contributed by atoms with E-state index in [1.54, 1.807) is 18.3 Å². The lowest BCUT2D eigenvalue weighted by Gasteiger charge is -2.37. The number of benzene rings is 1. The summed E-state index contributed by atoms with van der Waals surface area (Å²) in [7, 11) is 0. The third-order valence-corrected chi connectivity index (χ3v) is 6.40. The van der Waals surface area contributed by atoms with Gasteiger partial charge < -0.3 is 9.80 Å². The zero-order chi connectivity index (χ0) is 21.3. The number of aryl methyl sites for hydroxylation is 1. The number of hydrogen-bond donors (Lipinski definition) is 0. The van der Waals surface area contributed by atoms with E-state index in [4.69, 9.17) is 0 Å². The second-order valence-electron chi connectivity index (χ2n) is 8.34. The van der Waals surface area contributed by atoms with Crippen molar-refractivity contribution >= 4 is 11.8 Å². The maximum Gasteiger partial charge on any atom is 0.257 e. The summed E-state index contributed by atoms with van der Waals surface area (Å²) in [5, 5.41) is 8.18. The second kappa shape index (κ2) is 8.50. The van der Waals surface area contributed by atoms with Crippen LogP contribution < -0.4 is 0 Å². The Hall–Kier alpha value is -2.83. The molecule has 2 heterocycles. The van der Waals surface area contributed by atoms with Crippen molar-refractivity contribution in [3.8, 4) is 0 Å². The lowest BCUT2D eigenvalue weighted by Crippen LogP contribution is -2.55. The summed E-state index contributed by atoms with van der Waals surface area (Å²) in [6.45, 7) is 4.92. The molecule has 0 spiro atoms. The van der Waals surface area contributed by atoms with Crippen molar-refractivity contribution in [3.05, 3.63) is 58.2 Å². The summed E-state index contributed by atoms with van der Waals surface area (Å²) in [6.07, 6.45) is 6.56. The normalized spacial score (nSPS) is 17.6. The van der Waals surface area contributed by atoms with Crippen molar-refractivity contribution in [3.63, 3.8) is 0 Å². The minimum atomic E-state index is -0.568. The van der Waals surface area contributed by atoms with Gasteiger partial charge in [0.25, 0.3) is 5.91 Å². The zero-order valence-electron chi connectivity index (χ0n) is 17.5. The van der Waals surface area contributed by atoms with Crippen molar-refractivity contribution < 1.29 is 14.0 Å². The first-order chi connectivity index (χ1) is 14.4. The van der Waals surface area contributed by atoms with Gasteiger partial charge in [-0.05, 0) is 55.5 Å². The molecule has 1 aromatic heterocycles. The molecule has 4 rings (SSSR count). The summed E-state index contributed by atoms with van der Waals surface area (Å²) in [6, 6.07) is 4.86. The largest absolute Gasteiger partial charge is 0.336 e. The zero-order valence-corrected chi connectivity index (χ0v) is 17.5. The molecule has 2 aromatic rings. The van der Waals surface area contributed by atoms with Gasteiger partial charge in [0.15, 0.2) is 0 Å². The lowest BCUT2D eigenvalue weighted by atomic mass is 10.0. The summed E-state index contributed by atoms with van der Waals surface area (Å²) in [5.41, 5.74) is 3.68. The molecule has 0 bridgehead atoms. The molecule has 0 radical (unpaired) electrons. The fraction of sp³-hybridized carbons (Fsp3) is 0.478. The van der Waals surface area contributed by atoms with Crippen LogP contribution in [0.5, 0.6) is 0 Å². The van der Waals surface area contributed by atoms with E-state index >= 15 is 0 Å². The molecule has 6 nitrogen and oxygen atoms in total. The fourth-order valence-electron chi connectivity index (χ4n) is 4.42. The predicted molar refractivity (Wildman–Crippen MR) is 111 cm³/mol. The van der Waals surface area contributed by atoms with E-state index in [2.05, 4.69) is 10.2 Å². The van der Waals surface area contributed by atoms with Crippen LogP contribution in [-0.2, 0) is 11.2 Å². The van der Waals surface area contributed by atoms with E-state index in [1.807, 2.05) is 18.7 Å². The molecule has 2 fully saturated rings. The molecule has 30 heavy (non-hydrogen) atoms. The van der Waals surface area contributed by atoms with E-state index in [0.717, 1.165) is 48.1 Å². The van der Waals surface area contributed by atoms with Gasteiger partial charge in [-0.1, -0.05) is 18.9 Å². The fourth-order valence-corrected chi connectivity index (χ4v) is 4.42. The number of rotatable bonds is 4. The van der Waals surface area contributed by atoms with Crippen LogP contribution in [0, 0.1) is 19.7 Å². The van der Waals surface area contributed by atoms with Crippen molar-refractivity contribution in [2.24, 2.45) is 0 Å². The van der Waals surface area contributed by atoms with Gasteiger partial charge in [0.2, 0.25) is 5.91 Å². The molecular formula is C23H27FN4O2. The number of halogens is 1. The molecular weight excluding hydrogens is 383 g/mol. The second-order valence-corrected chi connectivity index (χ2v) is 8.34. The number of aromatic nitrogens is 2. The Labute approximate surface area is 176 Å². The Balaban J connectivity index is 1.49. The molecule has 1 saturated carbocycles. The minimum absolute atomic E-state index is 0.00730. The number of carbonyl (C=O) groups is 2. The van der Waals surface area contributed by atoms with Gasteiger partial charge in [-0.2, -0.15) is 10.2 Å². The van der Waals surface area contributed by atoms with Gasteiger partial charge in [0.05, 0.1) is 17.5 Å². The smallest absolute Gasteiger partial charge is 0.257 e. The first kappa shape index (κ1) is 20.4. The van der Waals surface area contributed by atoms with E-state index in [1.165, 1.54) is 11.0 Å².